The van der Waals surface area contributed by atoms with Crippen molar-refractivity contribution in [1.29, 1.82) is 0 Å². The predicted molar refractivity (Wildman–Crippen MR) is 262 cm³/mol. The molecule has 0 saturated heterocycles. The van der Waals surface area contributed by atoms with E-state index in [-0.39, 0.29) is 5.41 Å². The third kappa shape index (κ3) is 3.98. The van der Waals surface area contributed by atoms with Gasteiger partial charge in [0.25, 0.3) is 0 Å². The van der Waals surface area contributed by atoms with Crippen LogP contribution in [0.4, 0.5) is 0 Å². The Morgan fingerprint density at radius 3 is 2.15 bits per heavy atom. The maximum atomic E-state index is 5.76. The second-order valence-corrected chi connectivity index (χ2v) is 18.7. The third-order valence-electron chi connectivity index (χ3n) is 14.2. The summed E-state index contributed by atoms with van der Waals surface area (Å²) in [5.74, 6) is 0.834. The molecule has 1 aliphatic carbocycles. The van der Waals surface area contributed by atoms with Crippen molar-refractivity contribution in [1.82, 2.24) is 18.9 Å². The SMILES string of the molecule is CC1(C)c2ccccc2-c2c1cc1c3c2c2cccc4c5ccccc5n(c5cccc(c35)n1-c1nc3ccc5ccccc5c3nc1-c1ccc3c(c1)sc1ccccc13)c42. The van der Waals surface area contributed by atoms with Crippen molar-refractivity contribution in [3.63, 3.8) is 0 Å². The Morgan fingerprint density at radius 2 is 1.21 bits per heavy atom. The molecule has 0 aliphatic heterocycles. The first-order valence-electron chi connectivity index (χ1n) is 21.4. The van der Waals surface area contributed by atoms with E-state index in [1.165, 1.54) is 91.3 Å². The molecular formula is C57H34N4S. The Hall–Kier alpha value is -7.60. The zero-order valence-corrected chi connectivity index (χ0v) is 34.7. The molecule has 5 heteroatoms. The largest absolute Gasteiger partial charge is 0.308 e. The molecule has 288 valence electrons. The topological polar surface area (TPSA) is 35.1 Å². The first-order chi connectivity index (χ1) is 30.5. The van der Waals surface area contributed by atoms with Crippen LogP contribution in [0.2, 0.25) is 0 Å². The lowest BCUT2D eigenvalue weighted by Gasteiger charge is -2.22. The highest BCUT2D eigenvalue weighted by molar-refractivity contribution is 7.25. The number of fused-ring (bicyclic) bond motifs is 15. The molecule has 62 heavy (non-hydrogen) atoms. The number of aromatic nitrogens is 4. The molecule has 9 aromatic carbocycles. The molecule has 5 aromatic heterocycles. The van der Waals surface area contributed by atoms with E-state index in [9.17, 15) is 0 Å². The number of rotatable bonds is 2. The molecule has 0 radical (unpaired) electrons. The van der Waals surface area contributed by atoms with Crippen molar-refractivity contribution in [2.75, 3.05) is 0 Å². The summed E-state index contributed by atoms with van der Waals surface area (Å²) in [7, 11) is 0. The fourth-order valence-corrected chi connectivity index (χ4v) is 12.7. The van der Waals surface area contributed by atoms with Crippen molar-refractivity contribution >= 4 is 113 Å². The zero-order valence-electron chi connectivity index (χ0n) is 33.9. The molecule has 0 unspecified atom stereocenters. The van der Waals surface area contributed by atoms with Crippen molar-refractivity contribution < 1.29 is 0 Å². The van der Waals surface area contributed by atoms with E-state index in [2.05, 4.69) is 193 Å². The van der Waals surface area contributed by atoms with Crippen molar-refractivity contribution in [2.45, 2.75) is 19.3 Å². The van der Waals surface area contributed by atoms with Crippen LogP contribution in [-0.4, -0.2) is 18.9 Å². The number of hydrogen-bond donors (Lipinski definition) is 0. The molecule has 5 heterocycles. The summed E-state index contributed by atoms with van der Waals surface area (Å²) in [5, 5.41) is 12.4. The molecule has 0 amide bonds. The van der Waals surface area contributed by atoms with Gasteiger partial charge < -0.3 is 4.40 Å². The highest BCUT2D eigenvalue weighted by atomic mass is 32.1. The maximum absolute atomic E-state index is 5.76. The molecule has 0 N–H and O–H groups in total. The molecule has 1 aliphatic rings. The molecule has 15 rings (SSSR count). The van der Waals surface area contributed by atoms with Crippen LogP contribution in [-0.2, 0) is 5.41 Å². The molecule has 14 aromatic rings. The lowest BCUT2D eigenvalue weighted by Crippen LogP contribution is -2.15. The number of hydrogen-bond acceptors (Lipinski definition) is 3. The average molecular weight is 807 g/mol. The van der Waals surface area contributed by atoms with E-state index in [0.717, 1.165) is 49.9 Å². The van der Waals surface area contributed by atoms with Gasteiger partial charge in [0.1, 0.15) is 5.69 Å². The van der Waals surface area contributed by atoms with Crippen molar-refractivity contribution in [3.05, 3.63) is 181 Å². The van der Waals surface area contributed by atoms with Crippen LogP contribution in [0.15, 0.2) is 170 Å². The fraction of sp³-hybridized carbons (Fsp3) is 0.0526. The van der Waals surface area contributed by atoms with Gasteiger partial charge in [-0.15, -0.1) is 11.3 Å². The first-order valence-corrected chi connectivity index (χ1v) is 22.2. The zero-order chi connectivity index (χ0) is 40.6. The highest BCUT2D eigenvalue weighted by Crippen LogP contribution is 2.56. The predicted octanol–water partition coefficient (Wildman–Crippen LogP) is 15.4. The first kappa shape index (κ1) is 33.2. The Kier molecular flexibility index (Phi) is 6.10. The third-order valence-corrected chi connectivity index (χ3v) is 15.3. The van der Waals surface area contributed by atoms with Crippen LogP contribution in [0.25, 0.3) is 130 Å². The summed E-state index contributed by atoms with van der Waals surface area (Å²) >= 11 is 1.84. The van der Waals surface area contributed by atoms with Gasteiger partial charge in [-0.1, -0.05) is 141 Å². The second kappa shape index (κ2) is 11.4. The molecule has 0 saturated carbocycles. The average Bonchev–Trinajstić information content (AvgIpc) is 4.00. The van der Waals surface area contributed by atoms with Gasteiger partial charge in [0.2, 0.25) is 0 Å². The lowest BCUT2D eigenvalue weighted by molar-refractivity contribution is 0.661. The smallest absolute Gasteiger partial charge is 0.165 e. The fourth-order valence-electron chi connectivity index (χ4n) is 11.5. The summed E-state index contributed by atoms with van der Waals surface area (Å²) in [4.78, 5) is 11.5. The Bertz CT molecular complexity index is 4310. The quantitative estimate of drug-likeness (QED) is 0.163. The van der Waals surface area contributed by atoms with Gasteiger partial charge in [-0.2, -0.15) is 0 Å². The van der Waals surface area contributed by atoms with Gasteiger partial charge >= 0.3 is 0 Å². The molecule has 0 bridgehead atoms. The van der Waals surface area contributed by atoms with Crippen LogP contribution >= 0.6 is 11.3 Å². The Morgan fingerprint density at radius 1 is 0.484 bits per heavy atom. The van der Waals surface area contributed by atoms with Crippen LogP contribution in [0.5, 0.6) is 0 Å². The van der Waals surface area contributed by atoms with Gasteiger partial charge in [0.15, 0.2) is 5.82 Å². The summed E-state index contributed by atoms with van der Waals surface area (Å²) in [5.41, 5.74) is 14.7. The van der Waals surface area contributed by atoms with E-state index < -0.39 is 0 Å². The minimum absolute atomic E-state index is 0.239. The normalized spacial score (nSPS) is 13.8. The minimum atomic E-state index is -0.239. The van der Waals surface area contributed by atoms with Gasteiger partial charge in [-0.3, -0.25) is 4.57 Å². The Labute approximate surface area is 358 Å². The standard InChI is InChI=1S/C57H34N4S/c1-57(2)40-20-8-5-17-38(40)49-41(57)30-46-52-50(49)39-19-11-18-37-34-15-6-9-21-43(34)60(55(37)39)44-22-12-23-45(51(44)52)61(46)56-53(59-54-33-14-4-3-13-31(33)26-28-42(54)58-56)32-25-27-36-35-16-7-10-24-47(35)62-48(36)29-32/h3-30H,1-2H3. The molecule has 4 nitrogen and oxygen atoms in total. The van der Waals surface area contributed by atoms with Crippen molar-refractivity contribution in [2.24, 2.45) is 0 Å². The molecule has 0 fully saturated rings. The van der Waals surface area contributed by atoms with Crippen LogP contribution in [0.1, 0.15) is 25.0 Å². The summed E-state index contributed by atoms with van der Waals surface area (Å²) in [6.07, 6.45) is 0. The van der Waals surface area contributed by atoms with E-state index in [4.69, 9.17) is 9.97 Å². The Balaban J connectivity index is 1.18. The van der Waals surface area contributed by atoms with E-state index in [1.54, 1.807) is 0 Å². The maximum Gasteiger partial charge on any atom is 0.165 e. The van der Waals surface area contributed by atoms with E-state index in [0.29, 0.717) is 0 Å². The van der Waals surface area contributed by atoms with E-state index in [1.807, 2.05) is 11.3 Å². The highest BCUT2D eigenvalue weighted by Gasteiger charge is 2.39. The summed E-state index contributed by atoms with van der Waals surface area (Å²) < 4.78 is 7.53. The van der Waals surface area contributed by atoms with Crippen LogP contribution < -0.4 is 0 Å². The van der Waals surface area contributed by atoms with Crippen molar-refractivity contribution in [3.8, 4) is 28.2 Å². The number of para-hydroxylation sites is 2. The second-order valence-electron chi connectivity index (χ2n) is 17.7. The molecule has 0 spiro atoms. The van der Waals surface area contributed by atoms with Gasteiger partial charge in [0, 0.05) is 68.9 Å². The number of benzene rings is 9. The lowest BCUT2D eigenvalue weighted by atomic mass is 9.82. The number of nitrogens with zero attached hydrogens (tertiary/aromatic N) is 4. The van der Waals surface area contributed by atoms with Gasteiger partial charge in [-0.05, 0) is 70.1 Å². The van der Waals surface area contributed by atoms with E-state index >= 15 is 0 Å². The minimum Gasteiger partial charge on any atom is -0.308 e. The van der Waals surface area contributed by atoms with Crippen LogP contribution in [0, 0.1) is 0 Å². The number of thiophene rings is 1. The molecule has 0 atom stereocenters. The monoisotopic (exact) mass is 806 g/mol. The molecular weight excluding hydrogens is 773 g/mol. The van der Waals surface area contributed by atoms with Crippen LogP contribution in [0.3, 0.4) is 0 Å². The van der Waals surface area contributed by atoms with Gasteiger partial charge in [0.05, 0.1) is 38.6 Å². The summed E-state index contributed by atoms with van der Waals surface area (Å²) in [6, 6.07) is 62.8. The van der Waals surface area contributed by atoms with Gasteiger partial charge in [-0.25, -0.2) is 9.97 Å². The summed E-state index contributed by atoms with van der Waals surface area (Å²) in [6.45, 7) is 4.80.